The Labute approximate surface area is 150 Å². The van der Waals surface area contributed by atoms with E-state index in [1.165, 1.54) is 0 Å². The zero-order valence-electron chi connectivity index (χ0n) is 10.8. The minimum atomic E-state index is -1.09. The molecular formula is C13H16KNO3. The van der Waals surface area contributed by atoms with Crippen LogP contribution in [0, 0.1) is 0 Å². The van der Waals surface area contributed by atoms with E-state index in [4.69, 9.17) is 0 Å². The van der Waals surface area contributed by atoms with Gasteiger partial charge >= 0.3 is 51.4 Å². The first-order chi connectivity index (χ1) is 8.13. The maximum absolute atomic E-state index is 11.8. The molecule has 0 radical (unpaired) electrons. The maximum atomic E-state index is 11.8. The number of carboxylic acid groups (broad SMARTS) is 1. The minimum Gasteiger partial charge on any atom is -0.550 e. The Hall–Kier alpha value is -0.204. The third-order valence-electron chi connectivity index (χ3n) is 2.56. The molecule has 1 amide bonds. The monoisotopic (exact) mass is 273 g/mol. The second kappa shape index (κ2) is 9.69. The van der Waals surface area contributed by atoms with E-state index in [0.717, 1.165) is 0 Å². The summed E-state index contributed by atoms with van der Waals surface area (Å²) < 4.78 is 0. The van der Waals surface area contributed by atoms with Crippen LogP contribution in [0.1, 0.15) is 36.5 Å². The van der Waals surface area contributed by atoms with Crippen molar-refractivity contribution in [2.45, 2.75) is 32.2 Å². The molecule has 0 heterocycles. The summed E-state index contributed by atoms with van der Waals surface area (Å²) in [5, 5.41) is 13.2. The molecule has 1 aromatic carbocycles. The summed E-state index contributed by atoms with van der Waals surface area (Å²) in [4.78, 5) is 22.1. The first-order valence-electron chi connectivity index (χ1n) is 5.69. The molecule has 0 spiro atoms. The molecule has 1 aromatic rings. The molecule has 92 valence electrons. The van der Waals surface area contributed by atoms with Crippen LogP contribution in [-0.2, 0) is 4.79 Å². The predicted octanol–water partition coefficient (Wildman–Crippen LogP) is -2.27. The van der Waals surface area contributed by atoms with Gasteiger partial charge in [0.2, 0.25) is 0 Å². The first-order valence-corrected chi connectivity index (χ1v) is 5.69. The number of carboxylic acids is 1. The van der Waals surface area contributed by atoms with E-state index >= 15 is 0 Å². The molecule has 0 aliphatic heterocycles. The Bertz CT molecular complexity index is 381. The summed E-state index contributed by atoms with van der Waals surface area (Å²) in [6.45, 7) is 1.91. The molecule has 0 fully saturated rings. The topological polar surface area (TPSA) is 69.2 Å². The van der Waals surface area contributed by atoms with E-state index < -0.39 is 5.97 Å². The van der Waals surface area contributed by atoms with E-state index in [-0.39, 0.29) is 69.8 Å². The third-order valence-corrected chi connectivity index (χ3v) is 2.56. The molecule has 1 unspecified atom stereocenters. The van der Waals surface area contributed by atoms with Gasteiger partial charge in [0.15, 0.2) is 0 Å². The molecule has 1 atom stereocenters. The molecule has 0 bridgehead atoms. The fourth-order valence-electron chi connectivity index (χ4n) is 1.53. The molecular weight excluding hydrogens is 257 g/mol. The van der Waals surface area contributed by atoms with Gasteiger partial charge in [-0.25, -0.2) is 0 Å². The molecule has 5 heteroatoms. The van der Waals surface area contributed by atoms with Gasteiger partial charge < -0.3 is 15.2 Å². The predicted molar refractivity (Wildman–Crippen MR) is 62.2 cm³/mol. The summed E-state index contributed by atoms with van der Waals surface area (Å²) in [7, 11) is 0. The van der Waals surface area contributed by atoms with Crippen molar-refractivity contribution in [2.24, 2.45) is 0 Å². The molecule has 0 saturated carbocycles. The number of carbonyl (C=O) groups is 2. The molecule has 0 aromatic heterocycles. The Morgan fingerprint density at radius 2 is 1.89 bits per heavy atom. The molecule has 0 aliphatic carbocycles. The Morgan fingerprint density at radius 1 is 1.28 bits per heavy atom. The van der Waals surface area contributed by atoms with Crippen LogP contribution in [0.3, 0.4) is 0 Å². The Morgan fingerprint density at radius 3 is 2.39 bits per heavy atom. The summed E-state index contributed by atoms with van der Waals surface area (Å²) >= 11 is 0. The average molecular weight is 273 g/mol. The minimum absolute atomic E-state index is 0. The zero-order valence-corrected chi connectivity index (χ0v) is 13.9. The normalized spacial score (nSPS) is 11.2. The van der Waals surface area contributed by atoms with Crippen LogP contribution in [0.2, 0.25) is 0 Å². The van der Waals surface area contributed by atoms with Gasteiger partial charge in [-0.1, -0.05) is 25.1 Å². The fourth-order valence-corrected chi connectivity index (χ4v) is 1.53. The SMILES string of the molecule is CCC(CCC(=O)[O-])NC(=O)c1ccccc1.[K+]. The Kier molecular flexibility index (Phi) is 9.58. The van der Waals surface area contributed by atoms with Crippen molar-refractivity contribution in [2.75, 3.05) is 0 Å². The van der Waals surface area contributed by atoms with Crippen LogP contribution in [-0.4, -0.2) is 17.9 Å². The number of aliphatic carboxylic acids is 1. The van der Waals surface area contributed by atoms with E-state index in [2.05, 4.69) is 5.32 Å². The molecule has 1 rings (SSSR count). The van der Waals surface area contributed by atoms with Crippen molar-refractivity contribution in [3.05, 3.63) is 35.9 Å². The van der Waals surface area contributed by atoms with Gasteiger partial charge in [0.25, 0.3) is 5.91 Å². The van der Waals surface area contributed by atoms with Crippen LogP contribution < -0.4 is 61.8 Å². The zero-order chi connectivity index (χ0) is 12.7. The van der Waals surface area contributed by atoms with Crippen molar-refractivity contribution in [1.82, 2.24) is 5.32 Å². The van der Waals surface area contributed by atoms with Crippen molar-refractivity contribution in [3.8, 4) is 0 Å². The second-order valence-corrected chi connectivity index (χ2v) is 3.86. The maximum Gasteiger partial charge on any atom is 1.00 e. The summed E-state index contributed by atoms with van der Waals surface area (Å²) in [6.07, 6.45) is 1.07. The second-order valence-electron chi connectivity index (χ2n) is 3.86. The van der Waals surface area contributed by atoms with Crippen LogP contribution >= 0.6 is 0 Å². The summed E-state index contributed by atoms with van der Waals surface area (Å²) in [5.74, 6) is -1.26. The van der Waals surface area contributed by atoms with Crippen molar-refractivity contribution >= 4 is 11.9 Å². The van der Waals surface area contributed by atoms with Crippen LogP contribution in [0.25, 0.3) is 0 Å². The molecule has 4 nitrogen and oxygen atoms in total. The number of benzene rings is 1. The van der Waals surface area contributed by atoms with E-state index in [1.54, 1.807) is 24.3 Å². The van der Waals surface area contributed by atoms with Crippen molar-refractivity contribution in [1.29, 1.82) is 0 Å². The number of hydrogen-bond acceptors (Lipinski definition) is 3. The molecule has 18 heavy (non-hydrogen) atoms. The molecule has 0 saturated heterocycles. The number of hydrogen-bond donors (Lipinski definition) is 1. The van der Waals surface area contributed by atoms with Gasteiger partial charge in [0.05, 0.1) is 0 Å². The number of nitrogens with one attached hydrogen (secondary N) is 1. The van der Waals surface area contributed by atoms with Gasteiger partial charge in [-0.05, 0) is 31.4 Å². The summed E-state index contributed by atoms with van der Waals surface area (Å²) in [6, 6.07) is 8.74. The smallest absolute Gasteiger partial charge is 0.550 e. The van der Waals surface area contributed by atoms with Gasteiger partial charge in [0, 0.05) is 17.6 Å². The fraction of sp³-hybridized carbons (Fsp3) is 0.385. The number of rotatable bonds is 6. The van der Waals surface area contributed by atoms with Crippen LogP contribution in [0.15, 0.2) is 30.3 Å². The van der Waals surface area contributed by atoms with Crippen molar-refractivity contribution < 1.29 is 66.1 Å². The molecule has 0 aliphatic rings. The van der Waals surface area contributed by atoms with E-state index in [0.29, 0.717) is 18.4 Å². The first kappa shape index (κ1) is 17.8. The van der Waals surface area contributed by atoms with Crippen LogP contribution in [0.5, 0.6) is 0 Å². The van der Waals surface area contributed by atoms with Gasteiger partial charge in [-0.3, -0.25) is 4.79 Å². The van der Waals surface area contributed by atoms with E-state index in [9.17, 15) is 14.7 Å². The van der Waals surface area contributed by atoms with Gasteiger partial charge in [-0.15, -0.1) is 0 Å². The van der Waals surface area contributed by atoms with Gasteiger partial charge in [-0.2, -0.15) is 0 Å². The number of amides is 1. The Balaban J connectivity index is 0.00000289. The number of carbonyl (C=O) groups excluding carboxylic acids is 2. The average Bonchev–Trinajstić information content (AvgIpc) is 2.35. The standard InChI is InChI=1S/C13H17NO3.K/c1-2-11(8-9-12(15)16)14-13(17)10-6-4-3-5-7-10;/h3-7,11H,2,8-9H2,1H3,(H,14,17)(H,15,16);/q;+1/p-1. The van der Waals surface area contributed by atoms with Crippen LogP contribution in [0.4, 0.5) is 0 Å². The summed E-state index contributed by atoms with van der Waals surface area (Å²) in [5.41, 5.74) is 0.583. The third kappa shape index (κ3) is 6.65. The van der Waals surface area contributed by atoms with Gasteiger partial charge in [0.1, 0.15) is 0 Å². The van der Waals surface area contributed by atoms with Crippen molar-refractivity contribution in [3.63, 3.8) is 0 Å². The molecule has 1 N–H and O–H groups in total. The quantitative estimate of drug-likeness (QED) is 0.594. The largest absolute Gasteiger partial charge is 1.00 e. The van der Waals surface area contributed by atoms with E-state index in [1.807, 2.05) is 13.0 Å².